The second kappa shape index (κ2) is 10.2. The Balaban J connectivity index is 2.34. The SMILES string of the molecule is CC(C)[C@@](O)(c1ccc(Br)cc1)[C@H](CNCCCCO)c1ccccc1. The molecule has 26 heavy (non-hydrogen) atoms. The van der Waals surface area contributed by atoms with Crippen molar-refractivity contribution in [2.75, 3.05) is 19.7 Å². The molecule has 0 unspecified atom stereocenters. The van der Waals surface area contributed by atoms with Crippen molar-refractivity contribution in [3.63, 3.8) is 0 Å². The smallest absolute Gasteiger partial charge is 0.0999 e. The second-order valence-corrected chi connectivity index (χ2v) is 8.00. The molecule has 2 atom stereocenters. The summed E-state index contributed by atoms with van der Waals surface area (Å²) < 4.78 is 1.01. The van der Waals surface area contributed by atoms with Gasteiger partial charge in [0.1, 0.15) is 0 Å². The van der Waals surface area contributed by atoms with Crippen LogP contribution in [-0.4, -0.2) is 29.9 Å². The van der Waals surface area contributed by atoms with Gasteiger partial charge in [0.2, 0.25) is 0 Å². The first-order valence-electron chi connectivity index (χ1n) is 9.35. The molecule has 3 nitrogen and oxygen atoms in total. The summed E-state index contributed by atoms with van der Waals surface area (Å²) in [7, 11) is 0. The molecule has 0 spiro atoms. The topological polar surface area (TPSA) is 52.5 Å². The zero-order valence-electron chi connectivity index (χ0n) is 15.7. The number of hydrogen-bond donors (Lipinski definition) is 3. The van der Waals surface area contributed by atoms with Gasteiger partial charge in [-0.15, -0.1) is 0 Å². The molecule has 2 aromatic rings. The van der Waals surface area contributed by atoms with Crippen molar-refractivity contribution >= 4 is 15.9 Å². The number of aliphatic hydroxyl groups excluding tert-OH is 1. The third kappa shape index (κ3) is 5.17. The number of halogens is 1. The Bertz CT molecular complexity index is 645. The van der Waals surface area contributed by atoms with Gasteiger partial charge in [-0.1, -0.05) is 72.2 Å². The number of rotatable bonds is 10. The van der Waals surface area contributed by atoms with E-state index in [4.69, 9.17) is 5.11 Å². The molecule has 0 aliphatic carbocycles. The summed E-state index contributed by atoms with van der Waals surface area (Å²) in [6, 6.07) is 18.2. The zero-order valence-corrected chi connectivity index (χ0v) is 17.2. The molecule has 0 fully saturated rings. The van der Waals surface area contributed by atoms with E-state index in [0.29, 0.717) is 6.54 Å². The molecule has 2 rings (SSSR count). The van der Waals surface area contributed by atoms with Gasteiger partial charge in [0.05, 0.1) is 5.60 Å². The van der Waals surface area contributed by atoms with E-state index in [0.717, 1.165) is 35.0 Å². The highest BCUT2D eigenvalue weighted by molar-refractivity contribution is 9.10. The lowest BCUT2D eigenvalue weighted by Gasteiger charge is -2.41. The maximum absolute atomic E-state index is 11.9. The van der Waals surface area contributed by atoms with Crippen molar-refractivity contribution < 1.29 is 10.2 Å². The minimum absolute atomic E-state index is 0.0492. The molecule has 2 aromatic carbocycles. The second-order valence-electron chi connectivity index (χ2n) is 7.09. The third-order valence-electron chi connectivity index (χ3n) is 5.03. The van der Waals surface area contributed by atoms with Gasteiger partial charge in [0, 0.05) is 23.5 Å². The lowest BCUT2D eigenvalue weighted by atomic mass is 9.70. The van der Waals surface area contributed by atoms with Crippen molar-refractivity contribution in [3.05, 3.63) is 70.2 Å². The first-order chi connectivity index (χ1) is 12.5. The normalized spacial score (nSPS) is 15.0. The zero-order chi connectivity index (χ0) is 19.0. The molecule has 3 N–H and O–H groups in total. The maximum Gasteiger partial charge on any atom is 0.0999 e. The number of hydrogen-bond acceptors (Lipinski definition) is 3. The molecule has 0 bridgehead atoms. The highest BCUT2D eigenvalue weighted by Crippen LogP contribution is 2.42. The van der Waals surface area contributed by atoms with Gasteiger partial charge in [0.15, 0.2) is 0 Å². The van der Waals surface area contributed by atoms with Crippen LogP contribution in [0.4, 0.5) is 0 Å². The number of aliphatic hydroxyl groups is 2. The predicted molar refractivity (Wildman–Crippen MR) is 111 cm³/mol. The monoisotopic (exact) mass is 419 g/mol. The van der Waals surface area contributed by atoms with E-state index in [1.165, 1.54) is 0 Å². The summed E-state index contributed by atoms with van der Waals surface area (Å²) in [6.45, 7) is 5.88. The standard InChI is InChI=1S/C22H30BrNO2/c1-17(2)22(26,19-10-12-20(23)13-11-19)21(16-24-14-6-7-15-25)18-8-4-3-5-9-18/h3-5,8-13,17,21,24-26H,6-7,14-16H2,1-2H3/t21-,22-/m1/s1. The molecule has 0 aromatic heterocycles. The van der Waals surface area contributed by atoms with Crippen molar-refractivity contribution in [2.45, 2.75) is 38.2 Å². The fraction of sp³-hybridized carbons (Fsp3) is 0.455. The van der Waals surface area contributed by atoms with Crippen LogP contribution in [-0.2, 0) is 5.60 Å². The summed E-state index contributed by atoms with van der Waals surface area (Å²) in [6.07, 6.45) is 1.72. The highest BCUT2D eigenvalue weighted by atomic mass is 79.9. The summed E-state index contributed by atoms with van der Waals surface area (Å²) in [5, 5.41) is 24.3. The van der Waals surface area contributed by atoms with E-state index < -0.39 is 5.60 Å². The Morgan fingerprint density at radius 2 is 1.65 bits per heavy atom. The molecule has 0 amide bonds. The average molecular weight is 420 g/mol. The van der Waals surface area contributed by atoms with Gasteiger partial charge >= 0.3 is 0 Å². The van der Waals surface area contributed by atoms with E-state index in [1.54, 1.807) is 0 Å². The first-order valence-corrected chi connectivity index (χ1v) is 10.1. The number of nitrogens with one attached hydrogen (secondary N) is 1. The van der Waals surface area contributed by atoms with Crippen LogP contribution in [0.15, 0.2) is 59.1 Å². The van der Waals surface area contributed by atoms with Crippen LogP contribution in [0.3, 0.4) is 0 Å². The lowest BCUT2D eigenvalue weighted by Crippen LogP contribution is -2.43. The van der Waals surface area contributed by atoms with Crippen LogP contribution in [0.2, 0.25) is 0 Å². The largest absolute Gasteiger partial charge is 0.396 e. The fourth-order valence-electron chi connectivity index (χ4n) is 3.47. The predicted octanol–water partition coefficient (Wildman–Crippen LogP) is 4.44. The van der Waals surface area contributed by atoms with E-state index in [1.807, 2.05) is 42.5 Å². The van der Waals surface area contributed by atoms with Gasteiger partial charge < -0.3 is 15.5 Å². The molecular formula is C22H30BrNO2. The number of benzene rings is 2. The molecule has 0 saturated carbocycles. The molecule has 0 heterocycles. The van der Waals surface area contributed by atoms with Gasteiger partial charge in [-0.25, -0.2) is 0 Å². The van der Waals surface area contributed by atoms with E-state index in [2.05, 4.69) is 47.2 Å². The average Bonchev–Trinajstić information content (AvgIpc) is 2.65. The van der Waals surface area contributed by atoms with Crippen LogP contribution in [0.5, 0.6) is 0 Å². The summed E-state index contributed by atoms with van der Waals surface area (Å²) in [5.41, 5.74) is 1.08. The highest BCUT2D eigenvalue weighted by Gasteiger charge is 2.41. The van der Waals surface area contributed by atoms with E-state index in [9.17, 15) is 5.11 Å². The quantitative estimate of drug-likeness (QED) is 0.498. The summed E-state index contributed by atoms with van der Waals surface area (Å²) >= 11 is 3.48. The Morgan fingerprint density at radius 3 is 2.23 bits per heavy atom. The molecule has 0 radical (unpaired) electrons. The lowest BCUT2D eigenvalue weighted by molar-refractivity contribution is -0.0370. The van der Waals surface area contributed by atoms with Crippen molar-refractivity contribution in [2.24, 2.45) is 5.92 Å². The Labute approximate surface area is 165 Å². The Kier molecular flexibility index (Phi) is 8.29. The van der Waals surface area contributed by atoms with Gasteiger partial charge in [-0.3, -0.25) is 0 Å². The van der Waals surface area contributed by atoms with E-state index >= 15 is 0 Å². The molecule has 142 valence electrons. The fourth-order valence-corrected chi connectivity index (χ4v) is 3.74. The van der Waals surface area contributed by atoms with Crippen molar-refractivity contribution in [3.8, 4) is 0 Å². The van der Waals surface area contributed by atoms with Crippen molar-refractivity contribution in [1.82, 2.24) is 5.32 Å². The maximum atomic E-state index is 11.9. The third-order valence-corrected chi connectivity index (χ3v) is 5.56. The molecule has 0 saturated heterocycles. The summed E-state index contributed by atoms with van der Waals surface area (Å²) in [5.74, 6) is -0.0212. The molecule has 4 heteroatoms. The van der Waals surface area contributed by atoms with Crippen LogP contribution < -0.4 is 5.32 Å². The van der Waals surface area contributed by atoms with Gasteiger partial charge in [0.25, 0.3) is 0 Å². The molecule has 0 aliphatic heterocycles. The Hall–Kier alpha value is -1.20. The van der Waals surface area contributed by atoms with Crippen LogP contribution >= 0.6 is 15.9 Å². The van der Waals surface area contributed by atoms with Crippen LogP contribution in [0.25, 0.3) is 0 Å². The number of unbranched alkanes of at least 4 members (excludes halogenated alkanes) is 1. The van der Waals surface area contributed by atoms with Crippen LogP contribution in [0, 0.1) is 5.92 Å². The van der Waals surface area contributed by atoms with Crippen LogP contribution in [0.1, 0.15) is 43.7 Å². The first kappa shape index (κ1) is 21.1. The van der Waals surface area contributed by atoms with Gasteiger partial charge in [-0.05, 0) is 48.6 Å². The summed E-state index contributed by atoms with van der Waals surface area (Å²) in [4.78, 5) is 0. The van der Waals surface area contributed by atoms with E-state index in [-0.39, 0.29) is 18.4 Å². The molecular weight excluding hydrogens is 390 g/mol. The minimum atomic E-state index is -0.980. The Morgan fingerprint density at radius 1 is 1.00 bits per heavy atom. The molecule has 0 aliphatic rings. The van der Waals surface area contributed by atoms with Crippen molar-refractivity contribution in [1.29, 1.82) is 0 Å². The van der Waals surface area contributed by atoms with Gasteiger partial charge in [-0.2, -0.15) is 0 Å². The minimum Gasteiger partial charge on any atom is -0.396 e.